The van der Waals surface area contributed by atoms with Crippen LogP contribution in [0.4, 0.5) is 0 Å². The van der Waals surface area contributed by atoms with Gasteiger partial charge in [-0.3, -0.25) is 9.80 Å². The summed E-state index contributed by atoms with van der Waals surface area (Å²) in [5.41, 5.74) is 0. The number of fused-ring (bicyclic) bond motifs is 2. The molecule has 0 saturated heterocycles. The van der Waals surface area contributed by atoms with Gasteiger partial charge in [0.2, 0.25) is 0 Å². The van der Waals surface area contributed by atoms with Crippen LogP contribution in [0.1, 0.15) is 205 Å². The van der Waals surface area contributed by atoms with Gasteiger partial charge < -0.3 is 0 Å². The molecule has 8 fully saturated rings. The third kappa shape index (κ3) is 7.35. The van der Waals surface area contributed by atoms with Gasteiger partial charge in [-0.15, -0.1) is 0 Å². The zero-order chi connectivity index (χ0) is 30.7. The highest BCUT2D eigenvalue weighted by molar-refractivity contribution is 4.99. The Hall–Kier alpha value is -0.0800. The average molecular weight is 633 g/mol. The van der Waals surface area contributed by atoms with E-state index < -0.39 is 0 Å². The smallest absolute Gasteiger partial charge is 0.0132 e. The lowest BCUT2D eigenvalue weighted by atomic mass is 9.66. The summed E-state index contributed by atoms with van der Waals surface area (Å²) >= 11 is 0. The lowest BCUT2D eigenvalue weighted by Gasteiger charge is -2.54. The third-order valence-corrected chi connectivity index (χ3v) is 16.8. The van der Waals surface area contributed by atoms with Crippen molar-refractivity contribution in [3.05, 3.63) is 0 Å². The minimum atomic E-state index is 0.928. The highest BCUT2D eigenvalue weighted by atomic mass is 15.2. The Bertz CT molecular complexity index is 901. The maximum atomic E-state index is 3.32. The second-order valence-corrected chi connectivity index (χ2v) is 19.1. The van der Waals surface area contributed by atoms with Gasteiger partial charge in [-0.05, 0) is 145 Å². The van der Waals surface area contributed by atoms with E-state index in [9.17, 15) is 0 Å². The van der Waals surface area contributed by atoms with Crippen LogP contribution < -0.4 is 0 Å². The molecule has 0 radical (unpaired) electrons. The number of hydrogen-bond donors (Lipinski definition) is 0. The summed E-state index contributed by atoms with van der Waals surface area (Å²) in [5.74, 6) is 6.42. The second-order valence-electron chi connectivity index (χ2n) is 19.1. The lowest BCUT2D eigenvalue weighted by Crippen LogP contribution is -2.56. The van der Waals surface area contributed by atoms with Gasteiger partial charge >= 0.3 is 0 Å². The second kappa shape index (κ2) is 15.9. The normalized spacial score (nSPS) is 43.7. The van der Waals surface area contributed by atoms with E-state index >= 15 is 0 Å². The maximum Gasteiger partial charge on any atom is 0.0132 e. The molecule has 8 aliphatic carbocycles. The maximum absolute atomic E-state index is 3.32. The monoisotopic (exact) mass is 633 g/mol. The SMILES string of the molecule is C1CCC(N(C2CCC(C3CCC(N(C4CCCCC4)C4CCCC5CCCCC54)CC3)CC2)C2CCC3CCCCC3C2)CC1. The molecule has 0 heterocycles. The molecule has 46 heavy (non-hydrogen) atoms. The molecule has 0 aromatic carbocycles. The fourth-order valence-corrected chi connectivity index (χ4v) is 14.6. The van der Waals surface area contributed by atoms with Crippen LogP contribution in [-0.2, 0) is 0 Å². The molecule has 0 N–H and O–H groups in total. The van der Waals surface area contributed by atoms with Crippen molar-refractivity contribution in [2.75, 3.05) is 0 Å². The van der Waals surface area contributed by atoms with E-state index in [0.717, 1.165) is 71.8 Å². The Morgan fingerprint density at radius 1 is 0.239 bits per heavy atom. The zero-order valence-corrected chi connectivity index (χ0v) is 30.5. The van der Waals surface area contributed by atoms with Gasteiger partial charge in [-0.1, -0.05) is 96.3 Å². The van der Waals surface area contributed by atoms with Crippen molar-refractivity contribution in [1.29, 1.82) is 0 Å². The van der Waals surface area contributed by atoms with Crippen LogP contribution >= 0.6 is 0 Å². The van der Waals surface area contributed by atoms with Gasteiger partial charge in [0.15, 0.2) is 0 Å². The Kier molecular flexibility index (Phi) is 11.4. The van der Waals surface area contributed by atoms with Crippen LogP contribution in [0, 0.1) is 35.5 Å². The largest absolute Gasteiger partial charge is 0.294 e. The molecule has 262 valence electrons. The first kappa shape index (κ1) is 33.1. The van der Waals surface area contributed by atoms with E-state index in [1.54, 1.807) is 109 Å². The highest BCUT2D eigenvalue weighted by Crippen LogP contribution is 2.49. The minimum absolute atomic E-state index is 0.928. The molecule has 0 aromatic rings. The molecule has 8 saturated carbocycles. The van der Waals surface area contributed by atoms with Crippen molar-refractivity contribution < 1.29 is 0 Å². The molecule has 0 aliphatic heterocycles. The molecular formula is C44H76N2. The quantitative estimate of drug-likeness (QED) is 0.275. The summed E-state index contributed by atoms with van der Waals surface area (Å²) in [7, 11) is 0. The average Bonchev–Trinajstić information content (AvgIpc) is 3.13. The van der Waals surface area contributed by atoms with E-state index in [1.165, 1.54) is 96.3 Å². The fraction of sp³-hybridized carbons (Fsp3) is 1.00. The van der Waals surface area contributed by atoms with Crippen molar-refractivity contribution in [2.45, 2.75) is 242 Å². The van der Waals surface area contributed by atoms with Crippen LogP contribution in [0.25, 0.3) is 0 Å². The van der Waals surface area contributed by atoms with Crippen molar-refractivity contribution in [2.24, 2.45) is 35.5 Å². The molecule has 0 amide bonds. The molecule has 8 rings (SSSR count). The molecule has 0 bridgehead atoms. The molecule has 2 nitrogen and oxygen atoms in total. The van der Waals surface area contributed by atoms with E-state index in [0.29, 0.717) is 0 Å². The molecule has 8 aliphatic rings. The van der Waals surface area contributed by atoms with Gasteiger partial charge in [0, 0.05) is 36.3 Å². The van der Waals surface area contributed by atoms with Crippen molar-refractivity contribution in [1.82, 2.24) is 9.80 Å². The molecule has 6 unspecified atom stereocenters. The van der Waals surface area contributed by atoms with E-state index in [1.807, 2.05) is 0 Å². The van der Waals surface area contributed by atoms with Crippen LogP contribution in [0.5, 0.6) is 0 Å². The Morgan fingerprint density at radius 2 is 0.652 bits per heavy atom. The Balaban J connectivity index is 0.886. The van der Waals surface area contributed by atoms with Gasteiger partial charge in [0.05, 0.1) is 0 Å². The predicted molar refractivity (Wildman–Crippen MR) is 195 cm³/mol. The topological polar surface area (TPSA) is 6.48 Å². The third-order valence-electron chi connectivity index (χ3n) is 16.8. The fourth-order valence-electron chi connectivity index (χ4n) is 14.6. The summed E-state index contributed by atoms with van der Waals surface area (Å²) in [4.78, 5) is 6.60. The van der Waals surface area contributed by atoms with E-state index in [-0.39, 0.29) is 0 Å². The summed E-state index contributed by atoms with van der Waals surface area (Å²) in [5, 5.41) is 0. The van der Waals surface area contributed by atoms with Crippen LogP contribution in [0.15, 0.2) is 0 Å². The minimum Gasteiger partial charge on any atom is -0.294 e. The number of hydrogen-bond acceptors (Lipinski definition) is 2. The molecule has 6 atom stereocenters. The zero-order valence-electron chi connectivity index (χ0n) is 30.5. The number of nitrogens with zero attached hydrogens (tertiary/aromatic N) is 2. The van der Waals surface area contributed by atoms with Gasteiger partial charge in [0.1, 0.15) is 0 Å². The first-order valence-corrected chi connectivity index (χ1v) is 22.4. The standard InChI is InChI=1S/C44H76N2/c1-3-16-38(17-4-1)45(42-31-26-33-12-7-8-14-37(33)32-42)40-27-22-34(23-28-40)35-24-29-41(30-25-35)46(39-18-5-2-6-19-39)44-21-11-15-36-13-9-10-20-43(36)44/h33-44H,1-32H2. The molecule has 0 spiro atoms. The first-order chi connectivity index (χ1) is 22.8. The van der Waals surface area contributed by atoms with E-state index in [4.69, 9.17) is 0 Å². The highest BCUT2D eigenvalue weighted by Gasteiger charge is 2.45. The Morgan fingerprint density at radius 3 is 1.28 bits per heavy atom. The van der Waals surface area contributed by atoms with Crippen molar-refractivity contribution >= 4 is 0 Å². The molecule has 0 aromatic heterocycles. The molecular weight excluding hydrogens is 556 g/mol. The van der Waals surface area contributed by atoms with Crippen LogP contribution in [0.2, 0.25) is 0 Å². The first-order valence-electron chi connectivity index (χ1n) is 22.4. The van der Waals surface area contributed by atoms with Crippen LogP contribution in [0.3, 0.4) is 0 Å². The summed E-state index contributed by atoms with van der Waals surface area (Å²) in [6, 6.07) is 5.62. The number of rotatable bonds is 7. The Labute approximate surface area is 286 Å². The predicted octanol–water partition coefficient (Wildman–Crippen LogP) is 12.1. The van der Waals surface area contributed by atoms with E-state index in [2.05, 4.69) is 9.80 Å². The van der Waals surface area contributed by atoms with Crippen molar-refractivity contribution in [3.8, 4) is 0 Å². The summed E-state index contributed by atoms with van der Waals surface area (Å²) in [6.07, 6.45) is 49.4. The summed E-state index contributed by atoms with van der Waals surface area (Å²) in [6.45, 7) is 0. The van der Waals surface area contributed by atoms with Gasteiger partial charge in [-0.25, -0.2) is 0 Å². The van der Waals surface area contributed by atoms with Crippen molar-refractivity contribution in [3.63, 3.8) is 0 Å². The van der Waals surface area contributed by atoms with Gasteiger partial charge in [0.25, 0.3) is 0 Å². The van der Waals surface area contributed by atoms with Crippen LogP contribution in [-0.4, -0.2) is 46.1 Å². The van der Waals surface area contributed by atoms with Gasteiger partial charge in [-0.2, -0.15) is 0 Å². The lowest BCUT2D eigenvalue weighted by molar-refractivity contribution is -0.0414. The molecule has 2 heteroatoms. The summed E-state index contributed by atoms with van der Waals surface area (Å²) < 4.78 is 0.